The van der Waals surface area contributed by atoms with Crippen LogP contribution in [0, 0.1) is 0 Å². The summed E-state index contributed by atoms with van der Waals surface area (Å²) in [6, 6.07) is 17.1. The summed E-state index contributed by atoms with van der Waals surface area (Å²) in [5.41, 5.74) is 2.66. The molecule has 166 valence electrons. The zero-order chi connectivity index (χ0) is 22.8. The van der Waals surface area contributed by atoms with Gasteiger partial charge in [-0.05, 0) is 60.0 Å². The Kier molecular flexibility index (Phi) is 8.09. The number of aromatic nitrogens is 1. The number of methoxy groups -OCH3 is 3. The van der Waals surface area contributed by atoms with E-state index in [1.165, 1.54) is 11.6 Å². The highest BCUT2D eigenvalue weighted by Gasteiger charge is 2.04. The van der Waals surface area contributed by atoms with Crippen LogP contribution in [0.3, 0.4) is 0 Å². The van der Waals surface area contributed by atoms with E-state index >= 15 is 0 Å². The molecule has 7 nitrogen and oxygen atoms in total. The monoisotopic (exact) mass is 433 g/mol. The number of amides is 1. The van der Waals surface area contributed by atoms with E-state index in [2.05, 4.69) is 15.6 Å². The van der Waals surface area contributed by atoms with E-state index in [0.717, 1.165) is 30.1 Å². The maximum absolute atomic E-state index is 12.2. The standard InChI is InChI=1S/C25H27N3O4/c1-30-21-9-4-18(5-10-21)14-15-26-24-12-8-20(17-27-24)28-25(29)13-7-19-6-11-22(31-2)23(16-19)32-3/h4-13,16-17H,14-15H2,1-3H3,(H,26,27)(H,28,29)/b13-7+. The van der Waals surface area contributed by atoms with Crippen molar-refractivity contribution in [3.05, 3.63) is 78.0 Å². The molecule has 0 aliphatic rings. The zero-order valence-corrected chi connectivity index (χ0v) is 18.4. The van der Waals surface area contributed by atoms with Crippen molar-refractivity contribution < 1.29 is 19.0 Å². The zero-order valence-electron chi connectivity index (χ0n) is 18.4. The molecule has 7 heteroatoms. The van der Waals surface area contributed by atoms with E-state index in [1.807, 2.05) is 42.5 Å². The minimum absolute atomic E-state index is 0.248. The summed E-state index contributed by atoms with van der Waals surface area (Å²) in [4.78, 5) is 16.6. The number of hydrogen-bond donors (Lipinski definition) is 2. The molecule has 0 atom stereocenters. The average molecular weight is 434 g/mol. The largest absolute Gasteiger partial charge is 0.497 e. The van der Waals surface area contributed by atoms with Gasteiger partial charge < -0.3 is 24.8 Å². The minimum atomic E-state index is -0.248. The number of benzene rings is 2. The third-order valence-electron chi connectivity index (χ3n) is 4.74. The Morgan fingerprint density at radius 1 is 0.938 bits per heavy atom. The normalized spacial score (nSPS) is 10.6. The second-order valence-corrected chi connectivity index (χ2v) is 6.89. The molecule has 0 saturated carbocycles. The number of hydrogen-bond acceptors (Lipinski definition) is 6. The van der Waals surface area contributed by atoms with Gasteiger partial charge in [0.05, 0.1) is 33.2 Å². The second-order valence-electron chi connectivity index (χ2n) is 6.89. The molecule has 0 aliphatic heterocycles. The van der Waals surface area contributed by atoms with Crippen LogP contribution in [0.4, 0.5) is 11.5 Å². The first-order valence-electron chi connectivity index (χ1n) is 10.1. The molecule has 0 aliphatic carbocycles. The summed E-state index contributed by atoms with van der Waals surface area (Å²) in [7, 11) is 4.81. The number of nitrogens with one attached hydrogen (secondary N) is 2. The number of ether oxygens (including phenoxy) is 3. The van der Waals surface area contributed by atoms with E-state index in [1.54, 1.807) is 45.7 Å². The Hall–Kier alpha value is -4.00. The minimum Gasteiger partial charge on any atom is -0.497 e. The van der Waals surface area contributed by atoms with Crippen LogP contribution in [-0.4, -0.2) is 38.8 Å². The Bertz CT molecular complexity index is 1050. The predicted molar refractivity (Wildman–Crippen MR) is 127 cm³/mol. The molecule has 3 rings (SSSR count). The summed E-state index contributed by atoms with van der Waals surface area (Å²) >= 11 is 0. The molecule has 0 unspecified atom stereocenters. The smallest absolute Gasteiger partial charge is 0.248 e. The Labute approximate surface area is 188 Å². The molecular formula is C25H27N3O4. The summed E-state index contributed by atoms with van der Waals surface area (Å²) in [6.07, 6.45) is 5.66. The summed E-state index contributed by atoms with van der Waals surface area (Å²) in [5.74, 6) is 2.59. The second kappa shape index (κ2) is 11.4. The lowest BCUT2D eigenvalue weighted by Gasteiger charge is -2.08. The predicted octanol–water partition coefficient (Wildman–Crippen LogP) is 4.41. The molecule has 0 fully saturated rings. The van der Waals surface area contributed by atoms with Gasteiger partial charge >= 0.3 is 0 Å². The van der Waals surface area contributed by atoms with E-state index in [4.69, 9.17) is 14.2 Å². The fraction of sp³-hybridized carbons (Fsp3) is 0.200. The number of carbonyl (C=O) groups is 1. The van der Waals surface area contributed by atoms with Crippen molar-refractivity contribution in [3.63, 3.8) is 0 Å². The Morgan fingerprint density at radius 3 is 2.38 bits per heavy atom. The van der Waals surface area contributed by atoms with Gasteiger partial charge in [-0.3, -0.25) is 4.79 Å². The van der Waals surface area contributed by atoms with E-state index in [-0.39, 0.29) is 5.91 Å². The van der Waals surface area contributed by atoms with Crippen LogP contribution in [0.2, 0.25) is 0 Å². The van der Waals surface area contributed by atoms with Gasteiger partial charge in [0.2, 0.25) is 5.91 Å². The van der Waals surface area contributed by atoms with Gasteiger partial charge in [0.15, 0.2) is 11.5 Å². The van der Waals surface area contributed by atoms with Crippen molar-refractivity contribution in [1.82, 2.24) is 4.98 Å². The molecule has 1 amide bonds. The number of carbonyl (C=O) groups excluding carboxylic acids is 1. The highest BCUT2D eigenvalue weighted by Crippen LogP contribution is 2.28. The number of anilines is 2. The average Bonchev–Trinajstić information content (AvgIpc) is 2.84. The van der Waals surface area contributed by atoms with Crippen LogP contribution in [0.15, 0.2) is 66.9 Å². The van der Waals surface area contributed by atoms with E-state index in [9.17, 15) is 4.79 Å². The van der Waals surface area contributed by atoms with Gasteiger partial charge in [0.1, 0.15) is 11.6 Å². The van der Waals surface area contributed by atoms with Gasteiger partial charge in [0.25, 0.3) is 0 Å². The van der Waals surface area contributed by atoms with Gasteiger partial charge in [-0.15, -0.1) is 0 Å². The molecule has 0 bridgehead atoms. The fourth-order valence-corrected chi connectivity index (χ4v) is 3.01. The van der Waals surface area contributed by atoms with Gasteiger partial charge in [-0.2, -0.15) is 0 Å². The third-order valence-corrected chi connectivity index (χ3v) is 4.74. The van der Waals surface area contributed by atoms with Crippen LogP contribution in [-0.2, 0) is 11.2 Å². The summed E-state index contributed by atoms with van der Waals surface area (Å²) in [5, 5.41) is 6.08. The first-order valence-corrected chi connectivity index (χ1v) is 10.1. The summed E-state index contributed by atoms with van der Waals surface area (Å²) in [6.45, 7) is 0.749. The molecule has 0 radical (unpaired) electrons. The summed E-state index contributed by atoms with van der Waals surface area (Å²) < 4.78 is 15.7. The van der Waals surface area contributed by atoms with Crippen LogP contribution in [0.25, 0.3) is 6.08 Å². The van der Waals surface area contributed by atoms with Crippen LogP contribution < -0.4 is 24.8 Å². The highest BCUT2D eigenvalue weighted by molar-refractivity contribution is 6.01. The van der Waals surface area contributed by atoms with Crippen molar-refractivity contribution >= 4 is 23.5 Å². The maximum atomic E-state index is 12.2. The lowest BCUT2D eigenvalue weighted by Crippen LogP contribution is -2.09. The first kappa shape index (κ1) is 22.7. The SMILES string of the molecule is COc1ccc(CCNc2ccc(NC(=O)/C=C/c3ccc(OC)c(OC)c3)cn2)cc1. The molecule has 3 aromatic rings. The first-order chi connectivity index (χ1) is 15.6. The molecule has 0 saturated heterocycles. The molecule has 2 aromatic carbocycles. The van der Waals surface area contributed by atoms with Gasteiger partial charge in [0, 0.05) is 12.6 Å². The number of nitrogens with zero attached hydrogens (tertiary/aromatic N) is 1. The van der Waals surface area contributed by atoms with Crippen molar-refractivity contribution in [2.45, 2.75) is 6.42 Å². The Morgan fingerprint density at radius 2 is 1.72 bits per heavy atom. The molecular weight excluding hydrogens is 406 g/mol. The van der Waals surface area contributed by atoms with Crippen molar-refractivity contribution in [1.29, 1.82) is 0 Å². The van der Waals surface area contributed by atoms with Crippen molar-refractivity contribution in [2.75, 3.05) is 38.5 Å². The van der Waals surface area contributed by atoms with Crippen LogP contribution in [0.1, 0.15) is 11.1 Å². The lowest BCUT2D eigenvalue weighted by molar-refractivity contribution is -0.111. The molecule has 1 aromatic heterocycles. The van der Waals surface area contributed by atoms with E-state index < -0.39 is 0 Å². The van der Waals surface area contributed by atoms with Gasteiger partial charge in [-0.1, -0.05) is 18.2 Å². The maximum Gasteiger partial charge on any atom is 0.248 e. The Balaban J connectivity index is 1.48. The quantitative estimate of drug-likeness (QED) is 0.461. The van der Waals surface area contributed by atoms with Crippen molar-refractivity contribution in [3.8, 4) is 17.2 Å². The number of pyridine rings is 1. The van der Waals surface area contributed by atoms with Crippen LogP contribution in [0.5, 0.6) is 17.2 Å². The molecule has 1 heterocycles. The van der Waals surface area contributed by atoms with Crippen LogP contribution >= 0.6 is 0 Å². The third kappa shape index (κ3) is 6.50. The van der Waals surface area contributed by atoms with Gasteiger partial charge in [-0.25, -0.2) is 4.98 Å². The highest BCUT2D eigenvalue weighted by atomic mass is 16.5. The molecule has 0 spiro atoms. The fourth-order valence-electron chi connectivity index (χ4n) is 3.01. The topological polar surface area (TPSA) is 81.7 Å². The molecule has 32 heavy (non-hydrogen) atoms. The van der Waals surface area contributed by atoms with Crippen molar-refractivity contribution in [2.24, 2.45) is 0 Å². The van der Waals surface area contributed by atoms with E-state index in [0.29, 0.717) is 17.2 Å². The molecule has 2 N–H and O–H groups in total. The lowest BCUT2D eigenvalue weighted by atomic mass is 10.1. The number of rotatable bonds is 10.